The van der Waals surface area contributed by atoms with E-state index in [9.17, 15) is 29.1 Å². The number of esters is 1. The number of aromatic hydroxyl groups is 1. The second kappa shape index (κ2) is 21.3. The van der Waals surface area contributed by atoms with Crippen molar-refractivity contribution in [1.82, 2.24) is 35.1 Å². The van der Waals surface area contributed by atoms with E-state index in [-0.39, 0.29) is 74.6 Å². The first-order valence-electron chi connectivity index (χ1n) is 25.3. The highest BCUT2D eigenvalue weighted by Crippen LogP contribution is 2.42. The fourth-order valence-corrected chi connectivity index (χ4v) is 11.5. The minimum atomic E-state index is -1.15. The van der Waals surface area contributed by atoms with Crippen molar-refractivity contribution in [2.24, 2.45) is 28.9 Å². The second-order valence-corrected chi connectivity index (χ2v) is 20.9. The number of fused-ring (bicyclic) bond motifs is 6. The third-order valence-corrected chi connectivity index (χ3v) is 15.2. The number of carbonyl (C=O) groups excluding carboxylic acids is 5. The molecule has 4 aromatic rings. The third kappa shape index (κ3) is 10.5. The van der Waals surface area contributed by atoms with Gasteiger partial charge in [0.15, 0.2) is 0 Å². The standard InChI is InChI=1S/C54H72N8O8/c1-8-61-45-18-17-36-27-40(45)41(49(61)39-15-11-21-56-47(39)33(3)69-7)28-54(4,5)31-70-53(68)43-16-12-22-62(58-43)52(67)44(25-34-23-37(36)26-38(63)24-34)57-50(65)48(35-13-9-10-14-35)59(6)51(66)42-30-60(29-32(42)2)46(64)19-20-55/h11,15,17-18,21,23-24,26-27,32-33,35,42-44,48,58,63H,8-10,12-14,16,19-20,22,25,28-31,55H2,1-7H3,(H,57,65)/t32-,33-,42+,43-,44-,48-/m0/s1. The number of aryl methyl sites for hydroxylation is 1. The number of pyridine rings is 1. The molecular formula is C54H72N8O8. The van der Waals surface area contributed by atoms with Gasteiger partial charge in [0, 0.05) is 87.8 Å². The molecule has 5 heterocycles. The molecular weight excluding hydrogens is 889 g/mol. The monoisotopic (exact) mass is 961 g/mol. The predicted molar refractivity (Wildman–Crippen MR) is 267 cm³/mol. The molecule has 2 aromatic heterocycles. The number of methoxy groups -OCH3 is 1. The Morgan fingerprint density at radius 2 is 1.83 bits per heavy atom. The van der Waals surface area contributed by atoms with Crippen LogP contribution < -0.4 is 16.5 Å². The van der Waals surface area contributed by atoms with Crippen molar-refractivity contribution >= 4 is 40.5 Å². The number of cyclic esters (lactones) is 1. The summed E-state index contributed by atoms with van der Waals surface area (Å²) in [5.74, 6) is -2.45. The Morgan fingerprint density at radius 3 is 2.56 bits per heavy atom. The minimum Gasteiger partial charge on any atom is -0.508 e. The molecule has 16 heteroatoms. The Morgan fingerprint density at radius 1 is 1.06 bits per heavy atom. The maximum atomic E-state index is 15.0. The van der Waals surface area contributed by atoms with Gasteiger partial charge in [-0.25, -0.2) is 5.43 Å². The van der Waals surface area contributed by atoms with E-state index < -0.39 is 47.2 Å². The summed E-state index contributed by atoms with van der Waals surface area (Å²) in [4.78, 5) is 79.2. The lowest BCUT2D eigenvalue weighted by Gasteiger charge is -2.37. The van der Waals surface area contributed by atoms with Gasteiger partial charge in [0.2, 0.25) is 17.7 Å². The van der Waals surface area contributed by atoms with Gasteiger partial charge in [-0.3, -0.25) is 34.0 Å². The van der Waals surface area contributed by atoms with Crippen molar-refractivity contribution in [2.75, 3.05) is 46.9 Å². The van der Waals surface area contributed by atoms with Gasteiger partial charge in [-0.2, -0.15) is 0 Å². The van der Waals surface area contributed by atoms with E-state index in [1.54, 1.807) is 42.3 Å². The summed E-state index contributed by atoms with van der Waals surface area (Å²) in [6.07, 6.45) is 6.50. The summed E-state index contributed by atoms with van der Waals surface area (Å²) in [5, 5.41) is 17.0. The van der Waals surface area contributed by atoms with E-state index in [0.717, 1.165) is 70.2 Å². The molecule has 2 aromatic carbocycles. The maximum absolute atomic E-state index is 15.0. The first-order valence-corrected chi connectivity index (χ1v) is 25.3. The molecule has 6 bridgehead atoms. The fourth-order valence-electron chi connectivity index (χ4n) is 11.5. The topological polar surface area (TPSA) is 202 Å². The zero-order valence-corrected chi connectivity index (χ0v) is 42.0. The van der Waals surface area contributed by atoms with Crippen LogP contribution in [0.1, 0.15) is 102 Å². The predicted octanol–water partition coefficient (Wildman–Crippen LogP) is 5.91. The molecule has 6 atom stereocenters. The average Bonchev–Trinajstić information content (AvgIpc) is 4.10. The molecule has 16 nitrogen and oxygen atoms in total. The van der Waals surface area contributed by atoms with Crippen LogP contribution in [0.5, 0.6) is 5.75 Å². The van der Waals surface area contributed by atoms with Gasteiger partial charge in [0.1, 0.15) is 23.9 Å². The Kier molecular flexibility index (Phi) is 15.3. The number of aromatic nitrogens is 2. The number of ether oxygens (including phenoxy) is 2. The molecule has 8 rings (SSSR count). The van der Waals surface area contributed by atoms with Crippen LogP contribution in [0.25, 0.3) is 33.3 Å². The number of likely N-dealkylation sites (N-methyl/N-ethyl adjacent to an activating group) is 1. The highest BCUT2D eigenvalue weighted by molar-refractivity contribution is 5.96. The zero-order valence-electron chi connectivity index (χ0n) is 42.0. The Balaban J connectivity index is 1.20. The highest BCUT2D eigenvalue weighted by Gasteiger charge is 2.44. The number of phenolic OH excluding ortho intramolecular Hbond substituents is 1. The van der Waals surface area contributed by atoms with Gasteiger partial charge in [-0.05, 0) is 116 Å². The number of hydrogen-bond donors (Lipinski definition) is 4. The van der Waals surface area contributed by atoms with E-state index in [4.69, 9.17) is 20.2 Å². The van der Waals surface area contributed by atoms with E-state index in [1.165, 1.54) is 5.01 Å². The van der Waals surface area contributed by atoms with Crippen molar-refractivity contribution in [3.05, 3.63) is 71.5 Å². The summed E-state index contributed by atoms with van der Waals surface area (Å²) >= 11 is 0. The van der Waals surface area contributed by atoms with Gasteiger partial charge >= 0.3 is 5.97 Å². The molecule has 5 N–H and O–H groups in total. The van der Waals surface area contributed by atoms with Crippen LogP contribution in [0.3, 0.4) is 0 Å². The Labute approximate surface area is 411 Å². The van der Waals surface area contributed by atoms with Gasteiger partial charge in [-0.1, -0.05) is 45.7 Å². The number of carbonyl (C=O) groups is 5. The normalized spacial score (nSPS) is 22.9. The van der Waals surface area contributed by atoms with Crippen molar-refractivity contribution < 1.29 is 38.6 Å². The number of nitrogens with two attached hydrogens (primary N) is 1. The van der Waals surface area contributed by atoms with E-state index >= 15 is 0 Å². The van der Waals surface area contributed by atoms with Gasteiger partial charge in [0.25, 0.3) is 5.91 Å². The first kappa shape index (κ1) is 50.5. The molecule has 2 saturated heterocycles. The van der Waals surface area contributed by atoms with Crippen LogP contribution in [0, 0.1) is 23.2 Å². The van der Waals surface area contributed by atoms with Crippen LogP contribution in [-0.2, 0) is 52.8 Å². The lowest BCUT2D eigenvalue weighted by atomic mass is 9.84. The van der Waals surface area contributed by atoms with Crippen LogP contribution in [0.15, 0.2) is 54.7 Å². The van der Waals surface area contributed by atoms with Crippen molar-refractivity contribution in [3.8, 4) is 28.1 Å². The quantitative estimate of drug-likeness (QED) is 0.130. The number of likely N-dealkylation sites (tertiary alicyclic amines) is 1. The van der Waals surface area contributed by atoms with E-state index in [2.05, 4.69) is 54.3 Å². The molecule has 4 amide bonds. The first-order chi connectivity index (χ1) is 33.5. The molecule has 0 unspecified atom stereocenters. The van der Waals surface area contributed by atoms with Gasteiger partial charge in [0.05, 0.1) is 30.0 Å². The third-order valence-electron chi connectivity index (χ3n) is 15.2. The molecule has 3 aliphatic heterocycles. The molecule has 4 aliphatic rings. The summed E-state index contributed by atoms with van der Waals surface area (Å²) in [5.41, 5.74) is 15.3. The number of hydrazine groups is 1. The van der Waals surface area contributed by atoms with Gasteiger partial charge in [-0.15, -0.1) is 0 Å². The SMILES string of the molecule is CCn1c(-c2cccnc2[C@H](C)OC)c2c3cc(ccc31)-c1cc(O)cc(c1)C[C@H](NC(=O)[C@H](C1CCCC1)N(C)C(=O)[C@@H]1CN(C(=O)CCN)C[C@@H]1C)C(=O)N1CCC[C@H](N1)C(=O)OCC(C)(C)C2. The average molecular weight is 961 g/mol. The molecule has 0 spiro atoms. The summed E-state index contributed by atoms with van der Waals surface area (Å²) in [6.45, 7) is 12.2. The van der Waals surface area contributed by atoms with Crippen LogP contribution in [0.2, 0.25) is 0 Å². The highest BCUT2D eigenvalue weighted by atomic mass is 16.5. The molecule has 3 fully saturated rings. The lowest BCUT2D eigenvalue weighted by Crippen LogP contribution is -2.62. The number of hydrogen-bond acceptors (Lipinski definition) is 11. The lowest BCUT2D eigenvalue weighted by molar-refractivity contribution is -0.155. The minimum absolute atomic E-state index is 0.000929. The number of phenols is 1. The second-order valence-electron chi connectivity index (χ2n) is 20.9. The summed E-state index contributed by atoms with van der Waals surface area (Å²) < 4.78 is 14.3. The molecule has 0 radical (unpaired) electrons. The number of nitrogens with zero attached hydrogens (tertiary/aromatic N) is 5. The maximum Gasteiger partial charge on any atom is 0.324 e. The van der Waals surface area contributed by atoms with E-state index in [1.807, 2.05) is 32.0 Å². The molecule has 70 heavy (non-hydrogen) atoms. The Bertz CT molecular complexity index is 2600. The molecule has 376 valence electrons. The van der Waals surface area contributed by atoms with Crippen LogP contribution in [-0.4, -0.2) is 124 Å². The van der Waals surface area contributed by atoms with Crippen molar-refractivity contribution in [3.63, 3.8) is 0 Å². The summed E-state index contributed by atoms with van der Waals surface area (Å²) in [7, 11) is 3.34. The number of benzene rings is 2. The van der Waals surface area contributed by atoms with Crippen LogP contribution >= 0.6 is 0 Å². The largest absolute Gasteiger partial charge is 0.508 e. The zero-order chi connectivity index (χ0) is 50.0. The van der Waals surface area contributed by atoms with E-state index in [0.29, 0.717) is 37.9 Å². The molecule has 1 saturated carbocycles. The smallest absolute Gasteiger partial charge is 0.324 e. The van der Waals surface area contributed by atoms with Crippen molar-refractivity contribution in [1.29, 1.82) is 0 Å². The van der Waals surface area contributed by atoms with Crippen molar-refractivity contribution in [2.45, 2.75) is 123 Å². The fraction of sp³-hybridized carbons (Fsp3) is 0.556. The number of nitrogens with one attached hydrogen (secondary N) is 2. The van der Waals surface area contributed by atoms with Gasteiger partial charge < -0.3 is 40.0 Å². The number of amides is 4. The molecule has 1 aliphatic carbocycles. The van der Waals surface area contributed by atoms with Crippen LogP contribution in [0.4, 0.5) is 0 Å². The summed E-state index contributed by atoms with van der Waals surface area (Å²) in [6, 6.07) is 12.7. The number of rotatable bonds is 11. The Hall–Kier alpha value is -5.84.